The summed E-state index contributed by atoms with van der Waals surface area (Å²) >= 11 is 0. The number of aliphatic hydroxyl groups excluding tert-OH is 1. The zero-order valence-electron chi connectivity index (χ0n) is 42.2. The molecule has 0 aromatic rings. The van der Waals surface area contributed by atoms with Crippen molar-refractivity contribution in [1.82, 2.24) is 0 Å². The lowest BCUT2D eigenvalue weighted by Gasteiger charge is -2.15. The molecule has 0 aromatic carbocycles. The lowest BCUT2D eigenvalue weighted by molar-refractivity contribution is -0.161. The maximum absolute atomic E-state index is 12.3. The number of aliphatic hydroxyl groups is 1. The average molecular weight is 876 g/mol. The van der Waals surface area contributed by atoms with E-state index in [0.29, 0.717) is 12.8 Å². The number of unbranched alkanes of at least 4 members (excludes halogenated alkanes) is 43. The van der Waals surface area contributed by atoms with E-state index in [0.717, 1.165) is 32.1 Å². The van der Waals surface area contributed by atoms with Crippen LogP contribution in [0, 0.1) is 0 Å². The van der Waals surface area contributed by atoms with Gasteiger partial charge in [0.05, 0.1) is 6.61 Å². The summed E-state index contributed by atoms with van der Waals surface area (Å²) in [6.45, 7) is 4.18. The molecule has 0 rings (SSSR count). The molecule has 5 heteroatoms. The van der Waals surface area contributed by atoms with Gasteiger partial charge in [-0.15, -0.1) is 0 Å². The second-order valence-electron chi connectivity index (χ2n) is 19.4. The third-order valence-corrected chi connectivity index (χ3v) is 13.1. The van der Waals surface area contributed by atoms with Gasteiger partial charge in [-0.2, -0.15) is 0 Å². The highest BCUT2D eigenvalue weighted by Gasteiger charge is 2.16. The first-order valence-electron chi connectivity index (χ1n) is 28.2. The zero-order chi connectivity index (χ0) is 44.9. The van der Waals surface area contributed by atoms with Gasteiger partial charge in [-0.05, 0) is 38.5 Å². The van der Waals surface area contributed by atoms with Crippen molar-refractivity contribution in [2.24, 2.45) is 0 Å². The molecule has 0 aliphatic heterocycles. The van der Waals surface area contributed by atoms with E-state index < -0.39 is 6.10 Å². The maximum Gasteiger partial charge on any atom is 0.306 e. The fraction of sp³-hybridized carbons (Fsp3) is 0.930. The van der Waals surface area contributed by atoms with Gasteiger partial charge in [0.2, 0.25) is 0 Å². The van der Waals surface area contributed by atoms with Gasteiger partial charge in [0, 0.05) is 12.8 Å². The van der Waals surface area contributed by atoms with Crippen molar-refractivity contribution in [2.75, 3.05) is 13.2 Å². The summed E-state index contributed by atoms with van der Waals surface area (Å²) in [6.07, 6.45) is 66.4. The lowest BCUT2D eigenvalue weighted by Crippen LogP contribution is -2.28. The second-order valence-corrected chi connectivity index (χ2v) is 19.4. The summed E-state index contributed by atoms with van der Waals surface area (Å²) in [7, 11) is 0. The van der Waals surface area contributed by atoms with Crippen LogP contribution in [0.5, 0.6) is 0 Å². The summed E-state index contributed by atoms with van der Waals surface area (Å²) in [5.41, 5.74) is 0. The van der Waals surface area contributed by atoms with Crippen LogP contribution in [0.15, 0.2) is 12.2 Å². The van der Waals surface area contributed by atoms with Gasteiger partial charge in [0.25, 0.3) is 0 Å². The molecule has 0 bridgehead atoms. The molecule has 1 unspecified atom stereocenters. The molecular weight excluding hydrogens is 765 g/mol. The minimum absolute atomic E-state index is 0.0574. The number of allylic oxidation sites excluding steroid dienone is 2. The van der Waals surface area contributed by atoms with E-state index in [2.05, 4.69) is 26.0 Å². The van der Waals surface area contributed by atoms with E-state index in [4.69, 9.17) is 9.47 Å². The largest absolute Gasteiger partial charge is 0.462 e. The smallest absolute Gasteiger partial charge is 0.306 e. The number of ether oxygens (including phenoxy) is 2. The summed E-state index contributed by atoms with van der Waals surface area (Å²) < 4.78 is 10.7. The first-order chi connectivity index (χ1) is 30.6. The third kappa shape index (κ3) is 51.3. The molecule has 0 saturated carbocycles. The SMILES string of the molecule is CCCCCCCCCC/C=C\CCCCCCCCCCCCCCCCCCCCCCCCCC(=O)OC(CO)COC(=O)CCCCCCCCCCCCCCC. The standard InChI is InChI=1S/C57H110O5/c1-3-5-7-9-11-13-15-17-18-19-20-21-22-23-24-25-26-27-28-29-30-31-32-33-34-35-36-37-38-40-42-44-46-48-50-52-57(60)62-55(53-58)54-61-56(59)51-49-47-45-43-41-39-16-14-12-10-8-6-4-2/h19-20,55,58H,3-18,21-54H2,1-2H3/b20-19-. The summed E-state index contributed by atoms with van der Waals surface area (Å²) in [5.74, 6) is -0.570. The van der Waals surface area contributed by atoms with Gasteiger partial charge in [-0.1, -0.05) is 283 Å². The van der Waals surface area contributed by atoms with Gasteiger partial charge in [0.1, 0.15) is 6.61 Å². The molecule has 0 aliphatic rings. The van der Waals surface area contributed by atoms with Crippen LogP contribution in [-0.4, -0.2) is 36.4 Å². The van der Waals surface area contributed by atoms with Crippen LogP contribution in [0.3, 0.4) is 0 Å². The Morgan fingerprint density at radius 3 is 0.871 bits per heavy atom. The third-order valence-electron chi connectivity index (χ3n) is 13.1. The van der Waals surface area contributed by atoms with E-state index in [9.17, 15) is 14.7 Å². The molecule has 5 nitrogen and oxygen atoms in total. The number of rotatable bonds is 53. The van der Waals surface area contributed by atoms with Gasteiger partial charge >= 0.3 is 11.9 Å². The summed E-state index contributed by atoms with van der Waals surface area (Å²) in [5, 5.41) is 9.62. The Balaban J connectivity index is 3.35. The number of esters is 2. The Kier molecular flexibility index (Phi) is 52.8. The van der Waals surface area contributed by atoms with E-state index >= 15 is 0 Å². The molecule has 0 heterocycles. The highest BCUT2D eigenvalue weighted by molar-refractivity contribution is 5.70. The minimum Gasteiger partial charge on any atom is -0.462 e. The molecule has 1 N–H and O–H groups in total. The van der Waals surface area contributed by atoms with Crippen LogP contribution < -0.4 is 0 Å². The van der Waals surface area contributed by atoms with Crippen molar-refractivity contribution in [2.45, 2.75) is 328 Å². The fourth-order valence-electron chi connectivity index (χ4n) is 8.79. The predicted octanol–water partition coefficient (Wildman–Crippen LogP) is 18.8. The van der Waals surface area contributed by atoms with Gasteiger partial charge in [0.15, 0.2) is 6.10 Å². The minimum atomic E-state index is -0.764. The first-order valence-corrected chi connectivity index (χ1v) is 28.2. The van der Waals surface area contributed by atoms with Gasteiger partial charge in [-0.3, -0.25) is 9.59 Å². The monoisotopic (exact) mass is 875 g/mol. The van der Waals surface area contributed by atoms with Crippen LogP contribution >= 0.6 is 0 Å². The molecule has 0 aliphatic carbocycles. The highest BCUT2D eigenvalue weighted by atomic mass is 16.6. The maximum atomic E-state index is 12.3. The number of hydrogen-bond acceptors (Lipinski definition) is 5. The van der Waals surface area contributed by atoms with Crippen LogP contribution in [0.4, 0.5) is 0 Å². The summed E-state index contributed by atoms with van der Waals surface area (Å²) in [4.78, 5) is 24.4. The average Bonchev–Trinajstić information content (AvgIpc) is 3.28. The van der Waals surface area contributed by atoms with Crippen molar-refractivity contribution in [3.8, 4) is 0 Å². The topological polar surface area (TPSA) is 72.8 Å². The van der Waals surface area contributed by atoms with Gasteiger partial charge < -0.3 is 14.6 Å². The Morgan fingerprint density at radius 2 is 0.597 bits per heavy atom. The summed E-state index contributed by atoms with van der Waals surface area (Å²) in [6, 6.07) is 0. The Morgan fingerprint density at radius 1 is 0.355 bits per heavy atom. The number of hydrogen-bond donors (Lipinski definition) is 1. The van der Waals surface area contributed by atoms with E-state index in [1.807, 2.05) is 0 Å². The predicted molar refractivity (Wildman–Crippen MR) is 270 cm³/mol. The van der Waals surface area contributed by atoms with Crippen molar-refractivity contribution < 1.29 is 24.2 Å². The molecule has 62 heavy (non-hydrogen) atoms. The number of carbonyl (C=O) groups excluding carboxylic acids is 2. The molecule has 0 radical (unpaired) electrons. The van der Waals surface area contributed by atoms with Crippen molar-refractivity contribution in [3.05, 3.63) is 12.2 Å². The second kappa shape index (κ2) is 54.0. The molecule has 0 amide bonds. The van der Waals surface area contributed by atoms with Crippen LogP contribution in [-0.2, 0) is 19.1 Å². The highest BCUT2D eigenvalue weighted by Crippen LogP contribution is 2.18. The Labute approximate surface area is 388 Å². The van der Waals surface area contributed by atoms with E-state index in [-0.39, 0.29) is 25.2 Å². The normalized spacial score (nSPS) is 12.1. The van der Waals surface area contributed by atoms with E-state index in [1.54, 1.807) is 0 Å². The fourth-order valence-corrected chi connectivity index (χ4v) is 8.79. The molecule has 0 saturated heterocycles. The van der Waals surface area contributed by atoms with Crippen LogP contribution in [0.1, 0.15) is 322 Å². The van der Waals surface area contributed by atoms with Crippen LogP contribution in [0.25, 0.3) is 0 Å². The lowest BCUT2D eigenvalue weighted by atomic mass is 10.0. The Bertz CT molecular complexity index is 902. The molecule has 368 valence electrons. The van der Waals surface area contributed by atoms with Crippen molar-refractivity contribution in [1.29, 1.82) is 0 Å². The molecule has 0 fully saturated rings. The molecule has 1 atom stereocenters. The van der Waals surface area contributed by atoms with E-state index in [1.165, 1.54) is 263 Å². The number of carbonyl (C=O) groups is 2. The van der Waals surface area contributed by atoms with Crippen molar-refractivity contribution in [3.63, 3.8) is 0 Å². The van der Waals surface area contributed by atoms with Crippen molar-refractivity contribution >= 4 is 11.9 Å². The molecule has 0 spiro atoms. The quantitative estimate of drug-likeness (QED) is 0.0374. The van der Waals surface area contributed by atoms with Crippen LogP contribution in [0.2, 0.25) is 0 Å². The first kappa shape index (κ1) is 60.6. The molecule has 0 aromatic heterocycles. The Hall–Kier alpha value is -1.36. The zero-order valence-corrected chi connectivity index (χ0v) is 42.2. The molecular formula is C57H110O5. The van der Waals surface area contributed by atoms with Gasteiger partial charge in [-0.25, -0.2) is 0 Å².